The number of anilines is 1. The molecule has 0 bridgehead atoms. The minimum absolute atomic E-state index is 0.550. The van der Waals surface area contributed by atoms with Gasteiger partial charge in [-0.3, -0.25) is 0 Å². The van der Waals surface area contributed by atoms with E-state index in [1.54, 1.807) is 0 Å². The Balaban J connectivity index is 2.18. The minimum atomic E-state index is 0.550. The Labute approximate surface area is 107 Å². The van der Waals surface area contributed by atoms with E-state index >= 15 is 0 Å². The average Bonchev–Trinajstić information content (AvgIpc) is 2.73. The van der Waals surface area contributed by atoms with Crippen molar-refractivity contribution in [1.29, 1.82) is 0 Å². The highest BCUT2D eigenvalue weighted by Gasteiger charge is 2.30. The zero-order chi connectivity index (χ0) is 12.3. The quantitative estimate of drug-likeness (QED) is 0.696. The van der Waals surface area contributed by atoms with Crippen LogP contribution in [-0.4, -0.2) is 11.1 Å². The number of nitrogens with one attached hydrogen (secondary N) is 1. The molecule has 0 saturated heterocycles. The maximum absolute atomic E-state index is 6.25. The maximum Gasteiger partial charge on any atom is 0.0536 e. The molecule has 0 saturated carbocycles. The Morgan fingerprint density at radius 2 is 2.28 bits per heavy atom. The van der Waals surface area contributed by atoms with Crippen LogP contribution in [0, 0.1) is 6.92 Å². The number of fused-ring (bicyclic) bond motifs is 3. The summed E-state index contributed by atoms with van der Waals surface area (Å²) in [4.78, 5) is 0. The molecule has 1 atom stereocenters. The minimum Gasteiger partial charge on any atom is -0.398 e. The molecule has 2 heterocycles. The van der Waals surface area contributed by atoms with Crippen molar-refractivity contribution in [1.82, 2.24) is 9.88 Å². The first-order chi connectivity index (χ1) is 8.77. The standard InChI is InChI=1S/C15H19N3/c1-9-5-6-11(16)13-10-3-2-4-12-15(10)18(14(9)13)8-7-17-12/h5-6,12,17H,2-4,7-8,16H2,1H3/t12-/m1/s1. The van der Waals surface area contributed by atoms with Gasteiger partial charge in [-0.25, -0.2) is 0 Å². The van der Waals surface area contributed by atoms with Gasteiger partial charge in [0, 0.05) is 35.9 Å². The topological polar surface area (TPSA) is 43.0 Å². The Hall–Kier alpha value is -1.48. The number of hydrogen-bond acceptors (Lipinski definition) is 2. The Morgan fingerprint density at radius 1 is 1.39 bits per heavy atom. The van der Waals surface area contributed by atoms with Crippen molar-refractivity contribution < 1.29 is 0 Å². The van der Waals surface area contributed by atoms with E-state index in [-0.39, 0.29) is 0 Å². The van der Waals surface area contributed by atoms with E-state index in [0.29, 0.717) is 6.04 Å². The molecule has 0 spiro atoms. The van der Waals surface area contributed by atoms with Crippen molar-refractivity contribution in [2.75, 3.05) is 12.3 Å². The molecule has 1 aliphatic carbocycles. The number of aromatic nitrogens is 1. The number of nitrogen functional groups attached to an aromatic ring is 1. The van der Waals surface area contributed by atoms with Gasteiger partial charge in [0.05, 0.1) is 5.52 Å². The van der Waals surface area contributed by atoms with E-state index in [0.717, 1.165) is 18.8 Å². The van der Waals surface area contributed by atoms with Crippen molar-refractivity contribution in [2.45, 2.75) is 38.8 Å². The molecular weight excluding hydrogens is 222 g/mol. The van der Waals surface area contributed by atoms with Crippen LogP contribution in [0.2, 0.25) is 0 Å². The zero-order valence-corrected chi connectivity index (χ0v) is 10.8. The van der Waals surface area contributed by atoms with Crippen molar-refractivity contribution in [3.8, 4) is 0 Å². The van der Waals surface area contributed by atoms with Gasteiger partial charge in [0.2, 0.25) is 0 Å². The summed E-state index contributed by atoms with van der Waals surface area (Å²) in [7, 11) is 0. The molecule has 2 aliphatic rings. The van der Waals surface area contributed by atoms with Crippen LogP contribution in [-0.2, 0) is 13.0 Å². The van der Waals surface area contributed by atoms with E-state index in [2.05, 4.69) is 28.9 Å². The Kier molecular flexibility index (Phi) is 2.04. The van der Waals surface area contributed by atoms with Crippen molar-refractivity contribution in [3.63, 3.8) is 0 Å². The summed E-state index contributed by atoms with van der Waals surface area (Å²) < 4.78 is 2.52. The van der Waals surface area contributed by atoms with Crippen LogP contribution in [0.4, 0.5) is 5.69 Å². The van der Waals surface area contributed by atoms with E-state index in [4.69, 9.17) is 5.73 Å². The van der Waals surface area contributed by atoms with Gasteiger partial charge in [-0.2, -0.15) is 0 Å². The number of rotatable bonds is 0. The zero-order valence-electron chi connectivity index (χ0n) is 10.8. The Morgan fingerprint density at radius 3 is 3.17 bits per heavy atom. The van der Waals surface area contributed by atoms with Gasteiger partial charge in [-0.1, -0.05) is 6.07 Å². The first-order valence-electron chi connectivity index (χ1n) is 6.91. The summed E-state index contributed by atoms with van der Waals surface area (Å²) in [6.45, 7) is 4.36. The SMILES string of the molecule is Cc1ccc(N)c2c3c4n(c12)CCN[C@@H]4CCC3. The van der Waals surface area contributed by atoms with Crippen LogP contribution in [0.25, 0.3) is 10.9 Å². The third-order valence-electron chi connectivity index (χ3n) is 4.56. The molecule has 0 unspecified atom stereocenters. The van der Waals surface area contributed by atoms with Crippen molar-refractivity contribution in [3.05, 3.63) is 29.0 Å². The predicted octanol–water partition coefficient (Wildman–Crippen LogP) is 2.51. The lowest BCUT2D eigenvalue weighted by molar-refractivity contribution is 0.384. The van der Waals surface area contributed by atoms with Crippen LogP contribution in [0.1, 0.15) is 35.7 Å². The highest BCUT2D eigenvalue weighted by Crippen LogP contribution is 2.41. The van der Waals surface area contributed by atoms with Crippen LogP contribution in [0.3, 0.4) is 0 Å². The Bertz CT molecular complexity index is 586. The fraction of sp³-hybridized carbons (Fsp3) is 0.467. The largest absolute Gasteiger partial charge is 0.398 e. The van der Waals surface area contributed by atoms with E-state index in [1.165, 1.54) is 47.0 Å². The molecular formula is C15H19N3. The lowest BCUT2D eigenvalue weighted by Gasteiger charge is -2.31. The third-order valence-corrected chi connectivity index (χ3v) is 4.56. The second-order valence-electron chi connectivity index (χ2n) is 5.61. The first kappa shape index (κ1) is 10.4. The molecule has 3 nitrogen and oxygen atoms in total. The second kappa shape index (κ2) is 3.51. The molecule has 18 heavy (non-hydrogen) atoms. The molecule has 3 N–H and O–H groups in total. The summed E-state index contributed by atoms with van der Waals surface area (Å²) in [5.74, 6) is 0. The van der Waals surface area contributed by atoms with E-state index < -0.39 is 0 Å². The molecule has 94 valence electrons. The number of nitrogens with two attached hydrogens (primary N) is 1. The summed E-state index contributed by atoms with van der Waals surface area (Å²) in [6.07, 6.45) is 3.73. The van der Waals surface area contributed by atoms with Crippen molar-refractivity contribution in [2.24, 2.45) is 0 Å². The van der Waals surface area contributed by atoms with Gasteiger partial charge in [0.25, 0.3) is 0 Å². The van der Waals surface area contributed by atoms with Gasteiger partial charge >= 0.3 is 0 Å². The summed E-state index contributed by atoms with van der Waals surface area (Å²) in [6, 6.07) is 4.77. The van der Waals surface area contributed by atoms with Crippen LogP contribution >= 0.6 is 0 Å². The third kappa shape index (κ3) is 1.18. The molecule has 1 aliphatic heterocycles. The van der Waals surface area contributed by atoms with Crippen LogP contribution in [0.15, 0.2) is 12.1 Å². The van der Waals surface area contributed by atoms with Gasteiger partial charge < -0.3 is 15.6 Å². The summed E-state index contributed by atoms with van der Waals surface area (Å²) in [5, 5.41) is 4.99. The predicted molar refractivity (Wildman–Crippen MR) is 74.8 cm³/mol. The smallest absolute Gasteiger partial charge is 0.0536 e. The lowest BCUT2D eigenvalue weighted by atomic mass is 9.90. The van der Waals surface area contributed by atoms with Crippen LogP contribution < -0.4 is 11.1 Å². The normalized spacial score (nSPS) is 22.2. The van der Waals surface area contributed by atoms with Gasteiger partial charge in [-0.15, -0.1) is 0 Å². The molecule has 1 aromatic heterocycles. The molecule has 1 aromatic carbocycles. The van der Waals surface area contributed by atoms with Gasteiger partial charge in [0.1, 0.15) is 0 Å². The van der Waals surface area contributed by atoms with Gasteiger partial charge in [0.15, 0.2) is 0 Å². The van der Waals surface area contributed by atoms with Crippen LogP contribution in [0.5, 0.6) is 0 Å². The molecule has 2 aromatic rings. The number of hydrogen-bond donors (Lipinski definition) is 2. The first-order valence-corrected chi connectivity index (χ1v) is 6.91. The highest BCUT2D eigenvalue weighted by molar-refractivity contribution is 5.98. The molecule has 0 amide bonds. The highest BCUT2D eigenvalue weighted by atomic mass is 15.1. The number of aryl methyl sites for hydroxylation is 2. The molecule has 0 radical (unpaired) electrons. The maximum atomic E-state index is 6.25. The number of benzene rings is 1. The molecule has 3 heteroatoms. The molecule has 0 fully saturated rings. The monoisotopic (exact) mass is 241 g/mol. The van der Waals surface area contributed by atoms with Crippen molar-refractivity contribution >= 4 is 16.6 Å². The van der Waals surface area contributed by atoms with E-state index in [1.807, 2.05) is 0 Å². The fourth-order valence-corrected chi connectivity index (χ4v) is 3.84. The van der Waals surface area contributed by atoms with Gasteiger partial charge in [-0.05, 0) is 43.4 Å². The molecule has 4 rings (SSSR count). The summed E-state index contributed by atoms with van der Waals surface area (Å²) >= 11 is 0. The summed E-state index contributed by atoms with van der Waals surface area (Å²) in [5.41, 5.74) is 13.0. The number of nitrogens with zero attached hydrogens (tertiary/aromatic N) is 1. The fourth-order valence-electron chi connectivity index (χ4n) is 3.84. The average molecular weight is 241 g/mol. The van der Waals surface area contributed by atoms with E-state index in [9.17, 15) is 0 Å². The second-order valence-corrected chi connectivity index (χ2v) is 5.61. The lowest BCUT2D eigenvalue weighted by Crippen LogP contribution is -2.35.